The molecule has 0 aromatic heterocycles. The Bertz CT molecular complexity index is 587. The van der Waals surface area contributed by atoms with E-state index >= 15 is 0 Å². The molecule has 0 aliphatic rings. The molecule has 0 spiro atoms. The second-order valence-corrected chi connectivity index (χ2v) is 6.44. The van der Waals surface area contributed by atoms with Gasteiger partial charge in [0.25, 0.3) is 0 Å². The van der Waals surface area contributed by atoms with Crippen LogP contribution >= 0.6 is 0 Å². The molecule has 0 heterocycles. The molecule has 0 radical (unpaired) electrons. The van der Waals surface area contributed by atoms with E-state index in [2.05, 4.69) is 0 Å². The highest BCUT2D eigenvalue weighted by Crippen LogP contribution is 2.16. The molecule has 1 rings (SSSR count). The fourth-order valence-corrected chi connectivity index (χ4v) is 1.80. The molecule has 0 saturated heterocycles. The highest BCUT2D eigenvalue weighted by Gasteiger charge is 2.22. The summed E-state index contributed by atoms with van der Waals surface area (Å²) in [6.07, 6.45) is 2.38. The summed E-state index contributed by atoms with van der Waals surface area (Å²) in [5, 5.41) is 0. The van der Waals surface area contributed by atoms with Crippen LogP contribution in [0.15, 0.2) is 29.8 Å². The normalized spacial score (nSPS) is 12.6. The first kappa shape index (κ1) is 20.7. The monoisotopic (exact) mass is 348 g/mol. The summed E-state index contributed by atoms with van der Waals surface area (Å²) in [5.74, 6) is -0.218. The van der Waals surface area contributed by atoms with E-state index in [0.717, 1.165) is 6.42 Å². The van der Waals surface area contributed by atoms with E-state index < -0.39 is 11.9 Å². The maximum absolute atomic E-state index is 12.4. The summed E-state index contributed by atoms with van der Waals surface area (Å²) < 4.78 is 15.6. The average molecular weight is 348 g/mol. The fourth-order valence-electron chi connectivity index (χ4n) is 1.80. The van der Waals surface area contributed by atoms with Gasteiger partial charge in [0.15, 0.2) is 0 Å². The fraction of sp³-hybridized carbons (Fsp3) is 0.500. The van der Waals surface area contributed by atoms with E-state index in [1.54, 1.807) is 31.4 Å². The summed E-state index contributed by atoms with van der Waals surface area (Å²) in [5.41, 5.74) is 0.590. The molecule has 0 bridgehead atoms. The van der Waals surface area contributed by atoms with Crippen LogP contribution in [-0.2, 0) is 19.1 Å². The lowest BCUT2D eigenvalue weighted by atomic mass is 10.1. The van der Waals surface area contributed by atoms with Gasteiger partial charge in [-0.25, -0.2) is 9.59 Å². The van der Waals surface area contributed by atoms with Gasteiger partial charge in [0.2, 0.25) is 0 Å². The Hall–Kier alpha value is -2.30. The number of ether oxygens (including phenoxy) is 3. The molecule has 5 nitrogen and oxygen atoms in total. The van der Waals surface area contributed by atoms with Crippen molar-refractivity contribution in [2.24, 2.45) is 11.8 Å². The summed E-state index contributed by atoms with van der Waals surface area (Å²) in [6.45, 7) is 8.38. The molecule has 1 atom stereocenters. The number of hydrogen-bond acceptors (Lipinski definition) is 5. The van der Waals surface area contributed by atoms with Gasteiger partial charge >= 0.3 is 11.9 Å². The maximum atomic E-state index is 12.4. The Morgan fingerprint density at radius 2 is 1.56 bits per heavy atom. The van der Waals surface area contributed by atoms with E-state index in [1.807, 2.05) is 27.7 Å². The van der Waals surface area contributed by atoms with Gasteiger partial charge in [-0.2, -0.15) is 0 Å². The third-order valence-electron chi connectivity index (χ3n) is 3.61. The molecule has 0 aliphatic carbocycles. The average Bonchev–Trinajstić information content (AvgIpc) is 2.62. The van der Waals surface area contributed by atoms with Gasteiger partial charge in [0, 0.05) is 0 Å². The molecule has 0 amide bonds. The summed E-state index contributed by atoms with van der Waals surface area (Å²) in [7, 11) is 1.58. The quantitative estimate of drug-likeness (QED) is 0.293. The second-order valence-electron chi connectivity index (χ2n) is 6.44. The van der Waals surface area contributed by atoms with E-state index in [0.29, 0.717) is 11.3 Å². The predicted molar refractivity (Wildman–Crippen MR) is 97.2 cm³/mol. The van der Waals surface area contributed by atoms with Crippen LogP contribution in [0.25, 0.3) is 6.08 Å². The molecule has 0 N–H and O–H groups in total. The molecule has 1 aromatic rings. The van der Waals surface area contributed by atoms with Crippen LogP contribution in [0.4, 0.5) is 0 Å². The van der Waals surface area contributed by atoms with Gasteiger partial charge in [-0.15, -0.1) is 0 Å². The Balaban J connectivity index is 2.97. The van der Waals surface area contributed by atoms with Crippen molar-refractivity contribution in [2.45, 2.75) is 34.1 Å². The van der Waals surface area contributed by atoms with Crippen LogP contribution < -0.4 is 4.74 Å². The number of rotatable bonds is 9. The first-order valence-corrected chi connectivity index (χ1v) is 8.57. The first-order chi connectivity index (χ1) is 11.9. The Kier molecular flexibility index (Phi) is 8.75. The molecular weight excluding hydrogens is 320 g/mol. The molecule has 138 valence electrons. The highest BCUT2D eigenvalue weighted by atomic mass is 16.6. The van der Waals surface area contributed by atoms with E-state index in [1.165, 1.54) is 6.08 Å². The van der Waals surface area contributed by atoms with Gasteiger partial charge in [0.1, 0.15) is 11.3 Å². The lowest BCUT2D eigenvalue weighted by molar-refractivity contribution is -0.148. The first-order valence-electron chi connectivity index (χ1n) is 8.57. The molecule has 1 aromatic carbocycles. The second kappa shape index (κ2) is 10.5. The maximum Gasteiger partial charge on any atom is 0.345 e. The van der Waals surface area contributed by atoms with Gasteiger partial charge in [-0.3, -0.25) is 0 Å². The van der Waals surface area contributed by atoms with Crippen LogP contribution in [0, 0.1) is 11.8 Å². The number of benzene rings is 1. The van der Waals surface area contributed by atoms with Crippen molar-refractivity contribution in [3.05, 3.63) is 35.4 Å². The van der Waals surface area contributed by atoms with Gasteiger partial charge in [-0.1, -0.05) is 46.2 Å². The van der Waals surface area contributed by atoms with Crippen LogP contribution in [-0.4, -0.2) is 32.3 Å². The molecule has 5 heteroatoms. The van der Waals surface area contributed by atoms with Gasteiger partial charge in [0.05, 0.1) is 20.3 Å². The van der Waals surface area contributed by atoms with Crippen molar-refractivity contribution in [3.63, 3.8) is 0 Å². The molecule has 25 heavy (non-hydrogen) atoms. The SMILES string of the molecule is CCC(C)COC(=O)/C(=C\c1ccc(OC)cc1)C(=O)OCC(C)C. The van der Waals surface area contributed by atoms with Crippen molar-refractivity contribution in [1.29, 1.82) is 0 Å². The zero-order valence-electron chi connectivity index (χ0n) is 15.7. The number of carbonyl (C=O) groups is 2. The third kappa shape index (κ3) is 7.42. The standard InChI is InChI=1S/C20H28O5/c1-6-15(4)13-25-20(22)18(19(21)24-12-14(2)3)11-16-7-9-17(23-5)10-8-16/h7-11,14-15H,6,12-13H2,1-5H3/b18-11-. The van der Waals surface area contributed by atoms with E-state index in [-0.39, 0.29) is 30.6 Å². The van der Waals surface area contributed by atoms with Crippen molar-refractivity contribution < 1.29 is 23.8 Å². The zero-order valence-corrected chi connectivity index (χ0v) is 15.7. The number of esters is 2. The van der Waals surface area contributed by atoms with Crippen LogP contribution in [0.1, 0.15) is 39.7 Å². The molecular formula is C20H28O5. The highest BCUT2D eigenvalue weighted by molar-refractivity contribution is 6.17. The minimum absolute atomic E-state index is 0.103. The van der Waals surface area contributed by atoms with Crippen molar-refractivity contribution in [2.75, 3.05) is 20.3 Å². The Labute approximate surface area is 150 Å². The summed E-state index contributed by atoms with van der Waals surface area (Å²) in [6, 6.07) is 7.04. The Morgan fingerprint density at radius 3 is 2.04 bits per heavy atom. The smallest absolute Gasteiger partial charge is 0.345 e. The van der Waals surface area contributed by atoms with Crippen LogP contribution in [0.2, 0.25) is 0 Å². The predicted octanol–water partition coefficient (Wildman–Crippen LogP) is 3.87. The summed E-state index contributed by atoms with van der Waals surface area (Å²) >= 11 is 0. The Morgan fingerprint density at radius 1 is 1.00 bits per heavy atom. The van der Waals surface area contributed by atoms with Crippen LogP contribution in [0.5, 0.6) is 5.75 Å². The summed E-state index contributed by atoms with van der Waals surface area (Å²) in [4.78, 5) is 24.7. The largest absolute Gasteiger partial charge is 0.497 e. The molecule has 1 unspecified atom stereocenters. The van der Waals surface area contributed by atoms with Crippen molar-refractivity contribution >= 4 is 18.0 Å². The lowest BCUT2D eigenvalue weighted by Crippen LogP contribution is -2.21. The van der Waals surface area contributed by atoms with E-state index in [9.17, 15) is 9.59 Å². The van der Waals surface area contributed by atoms with Crippen molar-refractivity contribution in [1.82, 2.24) is 0 Å². The van der Waals surface area contributed by atoms with Crippen molar-refractivity contribution in [3.8, 4) is 5.75 Å². The van der Waals surface area contributed by atoms with Gasteiger partial charge in [-0.05, 0) is 35.6 Å². The molecule has 0 aliphatic heterocycles. The minimum Gasteiger partial charge on any atom is -0.497 e. The van der Waals surface area contributed by atoms with E-state index in [4.69, 9.17) is 14.2 Å². The van der Waals surface area contributed by atoms with Crippen LogP contribution in [0.3, 0.4) is 0 Å². The third-order valence-corrected chi connectivity index (χ3v) is 3.61. The number of methoxy groups -OCH3 is 1. The topological polar surface area (TPSA) is 61.8 Å². The number of hydrogen-bond donors (Lipinski definition) is 0. The molecule has 0 saturated carbocycles. The minimum atomic E-state index is -0.668. The molecule has 0 fully saturated rings. The number of carbonyl (C=O) groups excluding carboxylic acids is 2. The lowest BCUT2D eigenvalue weighted by Gasteiger charge is -2.12. The van der Waals surface area contributed by atoms with Gasteiger partial charge < -0.3 is 14.2 Å². The zero-order chi connectivity index (χ0) is 18.8.